The topological polar surface area (TPSA) is 119 Å². The summed E-state index contributed by atoms with van der Waals surface area (Å²) >= 11 is 0. The van der Waals surface area contributed by atoms with Crippen LogP contribution in [0, 0.1) is 10.1 Å². The van der Waals surface area contributed by atoms with E-state index >= 15 is 0 Å². The Bertz CT molecular complexity index is 519. The monoisotopic (exact) mass is 310 g/mol. The Morgan fingerprint density at radius 1 is 1.36 bits per heavy atom. The zero-order valence-corrected chi connectivity index (χ0v) is 12.7. The quantitative estimate of drug-likeness (QED) is 0.440. The van der Waals surface area contributed by atoms with Gasteiger partial charge < -0.3 is 20.7 Å². The molecule has 2 heterocycles. The summed E-state index contributed by atoms with van der Waals surface area (Å²) in [6, 6.07) is 0. The predicted octanol–water partition coefficient (Wildman–Crippen LogP) is 1.41. The Balaban J connectivity index is 2.22. The van der Waals surface area contributed by atoms with Gasteiger partial charge in [0.1, 0.15) is 0 Å². The normalized spacial score (nSPS) is 14.9. The Morgan fingerprint density at radius 3 is 2.73 bits per heavy atom. The van der Waals surface area contributed by atoms with E-state index in [1.165, 1.54) is 0 Å². The molecule has 1 aromatic heterocycles. The van der Waals surface area contributed by atoms with E-state index in [9.17, 15) is 10.1 Å². The molecule has 9 heteroatoms. The van der Waals surface area contributed by atoms with Gasteiger partial charge in [-0.25, -0.2) is 0 Å². The number of ether oxygens (including phenoxy) is 1. The third kappa shape index (κ3) is 3.94. The number of methoxy groups -OCH3 is 1. The first kappa shape index (κ1) is 16.2. The van der Waals surface area contributed by atoms with Crippen LogP contribution in [0.3, 0.4) is 0 Å². The van der Waals surface area contributed by atoms with Gasteiger partial charge in [0.05, 0.1) is 4.92 Å². The zero-order valence-electron chi connectivity index (χ0n) is 12.7. The van der Waals surface area contributed by atoms with Crippen LogP contribution >= 0.6 is 0 Å². The van der Waals surface area contributed by atoms with Gasteiger partial charge in [-0.1, -0.05) is 0 Å². The van der Waals surface area contributed by atoms with Crippen molar-refractivity contribution in [2.45, 2.75) is 25.7 Å². The van der Waals surface area contributed by atoms with Gasteiger partial charge in [-0.15, -0.1) is 0 Å². The summed E-state index contributed by atoms with van der Waals surface area (Å²) in [5, 5.41) is 14.3. The van der Waals surface area contributed by atoms with E-state index in [2.05, 4.69) is 15.3 Å². The fourth-order valence-electron chi connectivity index (χ4n) is 2.46. The molecule has 22 heavy (non-hydrogen) atoms. The molecule has 0 aliphatic carbocycles. The highest BCUT2D eigenvalue weighted by atomic mass is 16.6. The molecular weight excluding hydrogens is 288 g/mol. The van der Waals surface area contributed by atoms with Crippen molar-refractivity contribution >= 4 is 23.3 Å². The average Bonchev–Trinajstić information content (AvgIpc) is 2.51. The van der Waals surface area contributed by atoms with Crippen molar-refractivity contribution in [3.63, 3.8) is 0 Å². The summed E-state index contributed by atoms with van der Waals surface area (Å²) in [4.78, 5) is 21.0. The fraction of sp³-hybridized carbons (Fsp3) is 0.692. The van der Waals surface area contributed by atoms with Crippen molar-refractivity contribution in [2.75, 3.05) is 49.3 Å². The minimum atomic E-state index is -0.506. The van der Waals surface area contributed by atoms with Crippen LogP contribution < -0.4 is 16.0 Å². The lowest BCUT2D eigenvalue weighted by Gasteiger charge is -2.27. The smallest absolute Gasteiger partial charge is 0.353 e. The molecule has 1 aromatic rings. The molecule has 9 nitrogen and oxygen atoms in total. The molecule has 1 aliphatic rings. The van der Waals surface area contributed by atoms with Crippen LogP contribution in [0.25, 0.3) is 0 Å². The molecule has 0 bridgehead atoms. The molecule has 0 saturated carbocycles. The van der Waals surface area contributed by atoms with Crippen LogP contribution in [0.1, 0.15) is 25.7 Å². The number of nitrogens with two attached hydrogens (primary N) is 1. The van der Waals surface area contributed by atoms with Gasteiger partial charge in [0.2, 0.25) is 17.6 Å². The number of nitro groups is 1. The number of piperidine rings is 1. The van der Waals surface area contributed by atoms with Crippen LogP contribution in [0.4, 0.5) is 23.3 Å². The SMILES string of the molecule is COCCCNc1nc(N)c([N+](=O)[O-])c(N2CCCCC2)n1. The van der Waals surface area contributed by atoms with Crippen LogP contribution in [0.2, 0.25) is 0 Å². The second-order valence-corrected chi connectivity index (χ2v) is 5.18. The lowest BCUT2D eigenvalue weighted by molar-refractivity contribution is -0.383. The maximum Gasteiger partial charge on any atom is 0.353 e. The molecular formula is C13H22N6O3. The molecule has 122 valence electrons. The van der Waals surface area contributed by atoms with Gasteiger partial charge in [0.25, 0.3) is 0 Å². The number of anilines is 3. The number of nitrogens with zero attached hydrogens (tertiary/aromatic N) is 4. The number of rotatable bonds is 7. The highest BCUT2D eigenvalue weighted by Gasteiger charge is 2.28. The second kappa shape index (κ2) is 7.74. The third-order valence-corrected chi connectivity index (χ3v) is 3.54. The Morgan fingerprint density at radius 2 is 2.09 bits per heavy atom. The first-order valence-corrected chi connectivity index (χ1v) is 7.43. The number of hydrogen-bond donors (Lipinski definition) is 2. The molecule has 0 amide bonds. The molecule has 1 aliphatic heterocycles. The van der Waals surface area contributed by atoms with Crippen LogP contribution in [-0.4, -0.2) is 48.2 Å². The molecule has 0 spiro atoms. The highest BCUT2D eigenvalue weighted by Crippen LogP contribution is 2.33. The van der Waals surface area contributed by atoms with E-state index < -0.39 is 4.92 Å². The average molecular weight is 310 g/mol. The van der Waals surface area contributed by atoms with Gasteiger partial charge in [0, 0.05) is 33.4 Å². The third-order valence-electron chi connectivity index (χ3n) is 3.54. The van der Waals surface area contributed by atoms with E-state index in [1.54, 1.807) is 7.11 Å². The largest absolute Gasteiger partial charge is 0.385 e. The Hall–Kier alpha value is -2.16. The van der Waals surface area contributed by atoms with Gasteiger partial charge in [-0.2, -0.15) is 9.97 Å². The number of aromatic nitrogens is 2. The van der Waals surface area contributed by atoms with Crippen LogP contribution in [0.15, 0.2) is 0 Å². The summed E-state index contributed by atoms with van der Waals surface area (Å²) in [5.41, 5.74) is 5.57. The van der Waals surface area contributed by atoms with Gasteiger partial charge in [0.15, 0.2) is 0 Å². The Kier molecular flexibility index (Phi) is 5.70. The maximum absolute atomic E-state index is 11.3. The van der Waals surface area contributed by atoms with E-state index in [0.29, 0.717) is 24.9 Å². The predicted molar refractivity (Wildman–Crippen MR) is 84.1 cm³/mol. The number of nitrogen functional groups attached to an aromatic ring is 1. The first-order valence-electron chi connectivity index (χ1n) is 7.43. The van der Waals surface area contributed by atoms with Crippen LogP contribution in [0.5, 0.6) is 0 Å². The standard InChI is InChI=1S/C13H22N6O3/c1-22-9-5-6-15-13-16-11(14)10(19(20)21)12(17-13)18-7-3-2-4-8-18/h2-9H2,1H3,(H3,14,15,16,17). The van der Waals surface area contributed by atoms with E-state index in [0.717, 1.165) is 38.8 Å². The van der Waals surface area contributed by atoms with Crippen molar-refractivity contribution in [2.24, 2.45) is 0 Å². The second-order valence-electron chi connectivity index (χ2n) is 5.18. The molecule has 0 unspecified atom stereocenters. The highest BCUT2D eigenvalue weighted by molar-refractivity contribution is 5.71. The van der Waals surface area contributed by atoms with E-state index in [4.69, 9.17) is 10.5 Å². The molecule has 1 saturated heterocycles. The molecule has 3 N–H and O–H groups in total. The van der Waals surface area contributed by atoms with Gasteiger partial charge in [-0.3, -0.25) is 10.1 Å². The number of nitrogens with one attached hydrogen (secondary N) is 1. The molecule has 2 rings (SSSR count). The van der Waals surface area contributed by atoms with E-state index in [1.807, 2.05) is 4.90 Å². The van der Waals surface area contributed by atoms with Crippen molar-refractivity contribution in [3.05, 3.63) is 10.1 Å². The van der Waals surface area contributed by atoms with Gasteiger partial charge >= 0.3 is 5.69 Å². The fourth-order valence-corrected chi connectivity index (χ4v) is 2.46. The van der Waals surface area contributed by atoms with Crippen molar-refractivity contribution in [3.8, 4) is 0 Å². The molecule has 0 atom stereocenters. The minimum absolute atomic E-state index is 0.102. The molecule has 1 fully saturated rings. The van der Waals surface area contributed by atoms with Crippen LogP contribution in [-0.2, 0) is 4.74 Å². The minimum Gasteiger partial charge on any atom is -0.385 e. The number of hydrogen-bond acceptors (Lipinski definition) is 8. The molecule has 0 radical (unpaired) electrons. The lowest BCUT2D eigenvalue weighted by Crippen LogP contribution is -2.31. The first-order chi connectivity index (χ1) is 10.6. The summed E-state index contributed by atoms with van der Waals surface area (Å²) in [7, 11) is 1.63. The zero-order chi connectivity index (χ0) is 15.9. The van der Waals surface area contributed by atoms with E-state index in [-0.39, 0.29) is 11.5 Å². The summed E-state index contributed by atoms with van der Waals surface area (Å²) in [6.07, 6.45) is 3.91. The van der Waals surface area contributed by atoms with Crippen molar-refractivity contribution in [1.29, 1.82) is 0 Å². The maximum atomic E-state index is 11.3. The molecule has 0 aromatic carbocycles. The summed E-state index contributed by atoms with van der Waals surface area (Å²) in [6.45, 7) is 2.74. The lowest BCUT2D eigenvalue weighted by atomic mass is 10.1. The Labute approximate surface area is 129 Å². The van der Waals surface area contributed by atoms with Crippen molar-refractivity contribution < 1.29 is 9.66 Å². The summed E-state index contributed by atoms with van der Waals surface area (Å²) < 4.78 is 4.97. The summed E-state index contributed by atoms with van der Waals surface area (Å²) in [5.74, 6) is 0.529. The van der Waals surface area contributed by atoms with Gasteiger partial charge in [-0.05, 0) is 25.7 Å². The van der Waals surface area contributed by atoms with Crippen molar-refractivity contribution in [1.82, 2.24) is 9.97 Å².